The van der Waals surface area contributed by atoms with Crippen molar-refractivity contribution in [3.8, 4) is 0 Å². The van der Waals surface area contributed by atoms with Gasteiger partial charge in [0.1, 0.15) is 16.5 Å². The van der Waals surface area contributed by atoms with Gasteiger partial charge >= 0.3 is 0 Å². The molecule has 28 heavy (non-hydrogen) atoms. The lowest BCUT2D eigenvalue weighted by Crippen LogP contribution is -2.49. The number of thiophene rings is 1. The molecule has 0 radical (unpaired) electrons. The highest BCUT2D eigenvalue weighted by atomic mass is 32.1. The molecular formula is C22H30N4OS. The van der Waals surface area contributed by atoms with Crippen molar-refractivity contribution in [1.82, 2.24) is 14.9 Å². The molecule has 2 fully saturated rings. The molecule has 3 aliphatic rings. The first-order valence-corrected chi connectivity index (χ1v) is 11.8. The summed E-state index contributed by atoms with van der Waals surface area (Å²) < 4.78 is 0. The van der Waals surface area contributed by atoms with E-state index in [2.05, 4.69) is 9.80 Å². The van der Waals surface area contributed by atoms with Gasteiger partial charge < -0.3 is 9.80 Å². The number of fused-ring (bicyclic) bond motifs is 3. The molecule has 0 bridgehead atoms. The fraction of sp³-hybridized carbons (Fsp3) is 0.682. The molecule has 2 aromatic rings. The van der Waals surface area contributed by atoms with Gasteiger partial charge in [0.2, 0.25) is 5.91 Å². The molecule has 6 heteroatoms. The van der Waals surface area contributed by atoms with Crippen LogP contribution in [0.3, 0.4) is 0 Å². The lowest BCUT2D eigenvalue weighted by molar-refractivity contribution is -0.131. The average Bonchev–Trinajstić information content (AvgIpc) is 3.43. The van der Waals surface area contributed by atoms with Crippen molar-refractivity contribution in [1.29, 1.82) is 0 Å². The van der Waals surface area contributed by atoms with Crippen molar-refractivity contribution in [2.24, 2.45) is 5.92 Å². The lowest BCUT2D eigenvalue weighted by Gasteiger charge is -2.36. The third-order valence-corrected chi connectivity index (χ3v) is 8.02. The summed E-state index contributed by atoms with van der Waals surface area (Å²) in [7, 11) is 0. The van der Waals surface area contributed by atoms with Gasteiger partial charge in [-0.1, -0.05) is 25.7 Å². The number of aryl methyl sites for hydroxylation is 3. The molecule has 5 rings (SSSR count). The van der Waals surface area contributed by atoms with Crippen LogP contribution < -0.4 is 4.90 Å². The Balaban J connectivity index is 1.27. The molecule has 0 unspecified atom stereocenters. The van der Waals surface area contributed by atoms with E-state index in [-0.39, 0.29) is 0 Å². The Morgan fingerprint density at radius 2 is 1.86 bits per heavy atom. The molecule has 1 aliphatic heterocycles. The minimum absolute atomic E-state index is 0.354. The topological polar surface area (TPSA) is 49.3 Å². The number of anilines is 1. The molecule has 0 spiro atoms. The van der Waals surface area contributed by atoms with E-state index >= 15 is 0 Å². The Hall–Kier alpha value is -1.69. The van der Waals surface area contributed by atoms with Crippen LogP contribution in [0.5, 0.6) is 0 Å². The second kappa shape index (κ2) is 7.62. The second-order valence-corrected chi connectivity index (χ2v) is 9.77. The van der Waals surface area contributed by atoms with E-state index in [0.29, 0.717) is 5.91 Å². The maximum Gasteiger partial charge on any atom is 0.222 e. The zero-order chi connectivity index (χ0) is 19.1. The van der Waals surface area contributed by atoms with Crippen LogP contribution in [-0.4, -0.2) is 47.0 Å². The molecule has 0 N–H and O–H groups in total. The van der Waals surface area contributed by atoms with Crippen LogP contribution in [0, 0.1) is 12.8 Å². The van der Waals surface area contributed by atoms with Gasteiger partial charge in [0.25, 0.3) is 0 Å². The van der Waals surface area contributed by atoms with Crippen LogP contribution in [0.4, 0.5) is 5.82 Å². The fourth-order valence-corrected chi connectivity index (χ4v) is 6.56. The maximum absolute atomic E-state index is 12.7. The molecule has 2 aliphatic carbocycles. The first-order chi connectivity index (χ1) is 13.7. The number of rotatable bonds is 4. The molecule has 0 atom stereocenters. The zero-order valence-electron chi connectivity index (χ0n) is 16.9. The van der Waals surface area contributed by atoms with E-state index in [1.807, 2.05) is 18.3 Å². The molecule has 5 nitrogen and oxygen atoms in total. The Morgan fingerprint density at radius 1 is 1.07 bits per heavy atom. The van der Waals surface area contributed by atoms with Crippen molar-refractivity contribution in [2.45, 2.75) is 64.7 Å². The molecule has 1 amide bonds. The van der Waals surface area contributed by atoms with Crippen molar-refractivity contribution >= 4 is 33.3 Å². The van der Waals surface area contributed by atoms with E-state index in [9.17, 15) is 4.79 Å². The maximum atomic E-state index is 12.7. The van der Waals surface area contributed by atoms with Crippen LogP contribution in [0.15, 0.2) is 0 Å². The molecule has 3 heterocycles. The second-order valence-electron chi connectivity index (χ2n) is 8.69. The summed E-state index contributed by atoms with van der Waals surface area (Å²) in [4.78, 5) is 29.4. The van der Waals surface area contributed by atoms with Crippen LogP contribution >= 0.6 is 11.3 Å². The third-order valence-electron chi connectivity index (χ3n) is 6.83. The Kier molecular flexibility index (Phi) is 4.99. The number of piperazine rings is 1. The first-order valence-electron chi connectivity index (χ1n) is 11.0. The van der Waals surface area contributed by atoms with E-state index in [1.165, 1.54) is 54.4 Å². The van der Waals surface area contributed by atoms with E-state index in [1.54, 1.807) is 0 Å². The van der Waals surface area contributed by atoms with Gasteiger partial charge in [0.15, 0.2) is 0 Å². The largest absolute Gasteiger partial charge is 0.352 e. The highest BCUT2D eigenvalue weighted by Gasteiger charge is 2.28. The molecule has 0 aromatic carbocycles. The number of hydrogen-bond acceptors (Lipinski definition) is 5. The highest BCUT2D eigenvalue weighted by molar-refractivity contribution is 7.19. The SMILES string of the molecule is Cc1nc(N2CCN(C(=O)CCC3CCCC3)CC2)c2c3c(sc2n1)CCC3. The summed E-state index contributed by atoms with van der Waals surface area (Å²) in [6.07, 6.45) is 10.8. The average molecular weight is 399 g/mol. The van der Waals surface area contributed by atoms with E-state index in [4.69, 9.17) is 9.97 Å². The van der Waals surface area contributed by atoms with Gasteiger partial charge in [-0.05, 0) is 44.1 Å². The molecule has 1 saturated heterocycles. The Labute approximate surface area is 171 Å². The van der Waals surface area contributed by atoms with Gasteiger partial charge in [-0.25, -0.2) is 9.97 Å². The van der Waals surface area contributed by atoms with Gasteiger partial charge in [0, 0.05) is 37.5 Å². The lowest BCUT2D eigenvalue weighted by atomic mass is 10.0. The van der Waals surface area contributed by atoms with Crippen LogP contribution in [-0.2, 0) is 17.6 Å². The predicted octanol–water partition coefficient (Wildman–Crippen LogP) is 4.11. The number of nitrogens with zero attached hydrogens (tertiary/aromatic N) is 4. The van der Waals surface area contributed by atoms with Crippen LogP contribution in [0.2, 0.25) is 0 Å². The summed E-state index contributed by atoms with van der Waals surface area (Å²) in [5.41, 5.74) is 1.49. The zero-order valence-corrected chi connectivity index (χ0v) is 17.7. The van der Waals surface area contributed by atoms with Crippen molar-refractivity contribution in [2.75, 3.05) is 31.1 Å². The smallest absolute Gasteiger partial charge is 0.222 e. The number of carbonyl (C=O) groups is 1. The van der Waals surface area contributed by atoms with Crippen molar-refractivity contribution in [3.63, 3.8) is 0 Å². The third kappa shape index (κ3) is 3.40. The number of amides is 1. The monoisotopic (exact) mass is 398 g/mol. The Bertz CT molecular complexity index is 878. The van der Waals surface area contributed by atoms with Crippen LogP contribution in [0.25, 0.3) is 10.2 Å². The summed E-state index contributed by atoms with van der Waals surface area (Å²) in [6.45, 7) is 5.40. The summed E-state index contributed by atoms with van der Waals surface area (Å²) >= 11 is 1.86. The van der Waals surface area contributed by atoms with E-state index in [0.717, 1.165) is 67.8 Å². The first kappa shape index (κ1) is 18.3. The summed E-state index contributed by atoms with van der Waals surface area (Å²) in [6, 6.07) is 0. The molecule has 150 valence electrons. The van der Waals surface area contributed by atoms with Gasteiger partial charge in [-0.3, -0.25) is 4.79 Å². The Morgan fingerprint density at radius 3 is 2.64 bits per heavy atom. The van der Waals surface area contributed by atoms with Crippen molar-refractivity contribution < 1.29 is 4.79 Å². The predicted molar refractivity (Wildman–Crippen MR) is 114 cm³/mol. The quantitative estimate of drug-likeness (QED) is 0.778. The number of aromatic nitrogens is 2. The minimum Gasteiger partial charge on any atom is -0.352 e. The fourth-order valence-electron chi connectivity index (χ4n) is 5.26. The standard InChI is InChI=1S/C22H30N4OS/c1-15-23-21(20-17-7-4-8-18(17)28-22(20)24-15)26-13-11-25(12-14-26)19(27)10-9-16-5-2-3-6-16/h16H,2-14H2,1H3. The normalized spacial score (nSPS) is 20.3. The van der Waals surface area contributed by atoms with Gasteiger partial charge in [0.05, 0.1) is 5.39 Å². The highest BCUT2D eigenvalue weighted by Crippen LogP contribution is 2.40. The number of carbonyl (C=O) groups excluding carboxylic acids is 1. The molecule has 1 saturated carbocycles. The molecule has 2 aromatic heterocycles. The van der Waals surface area contributed by atoms with Gasteiger partial charge in [-0.15, -0.1) is 11.3 Å². The molecular weight excluding hydrogens is 368 g/mol. The summed E-state index contributed by atoms with van der Waals surface area (Å²) in [5.74, 6) is 3.12. The van der Waals surface area contributed by atoms with Crippen LogP contribution in [0.1, 0.15) is 61.2 Å². The van der Waals surface area contributed by atoms with Crippen molar-refractivity contribution in [3.05, 3.63) is 16.3 Å². The minimum atomic E-state index is 0.354. The summed E-state index contributed by atoms with van der Waals surface area (Å²) in [5, 5.41) is 1.30. The van der Waals surface area contributed by atoms with Gasteiger partial charge in [-0.2, -0.15) is 0 Å². The van der Waals surface area contributed by atoms with E-state index < -0.39 is 0 Å². The number of hydrogen-bond donors (Lipinski definition) is 0.